The Balaban J connectivity index is 1.36. The summed E-state index contributed by atoms with van der Waals surface area (Å²) in [6, 6.07) is 53.4. The Morgan fingerprint density at radius 3 is 1.72 bits per heavy atom. The summed E-state index contributed by atoms with van der Waals surface area (Å²) < 4.78 is 6.38. The molecule has 10 rings (SSSR count). The van der Waals surface area contributed by atoms with E-state index in [4.69, 9.17) is 4.42 Å². The summed E-state index contributed by atoms with van der Waals surface area (Å²) in [5.41, 5.74) is 12.3. The van der Waals surface area contributed by atoms with Crippen molar-refractivity contribution in [2.45, 2.75) is 19.3 Å². The maximum Gasteiger partial charge on any atom is 0.136 e. The van der Waals surface area contributed by atoms with E-state index in [1.807, 2.05) is 6.07 Å². The molecule has 0 saturated carbocycles. The third-order valence-electron chi connectivity index (χ3n) is 10.4. The lowest BCUT2D eigenvalue weighted by Gasteiger charge is -2.27. The molecule has 1 aromatic heterocycles. The zero-order valence-corrected chi connectivity index (χ0v) is 25.8. The van der Waals surface area contributed by atoms with Crippen LogP contribution in [0.1, 0.15) is 25.0 Å². The van der Waals surface area contributed by atoms with Gasteiger partial charge in [0.1, 0.15) is 11.2 Å². The van der Waals surface area contributed by atoms with Crippen LogP contribution in [0.5, 0.6) is 0 Å². The minimum atomic E-state index is -0.154. The van der Waals surface area contributed by atoms with E-state index in [0.29, 0.717) is 0 Å². The van der Waals surface area contributed by atoms with Gasteiger partial charge in [-0.25, -0.2) is 0 Å². The van der Waals surface area contributed by atoms with Crippen molar-refractivity contribution >= 4 is 54.3 Å². The van der Waals surface area contributed by atoms with Crippen molar-refractivity contribution in [2.24, 2.45) is 0 Å². The highest BCUT2D eigenvalue weighted by molar-refractivity contribution is 6.25. The van der Waals surface area contributed by atoms with Crippen molar-refractivity contribution < 1.29 is 4.42 Å². The number of para-hydroxylation sites is 1. The first-order valence-corrected chi connectivity index (χ1v) is 16.1. The fourth-order valence-electron chi connectivity index (χ4n) is 8.46. The lowest BCUT2D eigenvalue weighted by atomic mass is 9.75. The molecule has 0 radical (unpaired) electrons. The molecule has 9 aromatic rings. The Labute approximate surface area is 267 Å². The van der Waals surface area contributed by atoms with Gasteiger partial charge in [0.05, 0.1) is 0 Å². The van der Waals surface area contributed by atoms with Crippen LogP contribution in [0.15, 0.2) is 150 Å². The molecule has 46 heavy (non-hydrogen) atoms. The van der Waals surface area contributed by atoms with Crippen molar-refractivity contribution in [3.63, 3.8) is 0 Å². The van der Waals surface area contributed by atoms with Crippen molar-refractivity contribution in [1.82, 2.24) is 0 Å². The molecule has 0 aliphatic heterocycles. The zero-order chi connectivity index (χ0) is 30.6. The number of hydrogen-bond acceptors (Lipinski definition) is 1. The third-order valence-corrected chi connectivity index (χ3v) is 10.4. The Morgan fingerprint density at radius 2 is 0.978 bits per heavy atom. The second kappa shape index (κ2) is 9.19. The molecule has 0 bridgehead atoms. The maximum absolute atomic E-state index is 6.38. The highest BCUT2D eigenvalue weighted by Gasteiger charge is 2.39. The van der Waals surface area contributed by atoms with Crippen LogP contribution in [0.4, 0.5) is 0 Å². The Kier molecular flexibility index (Phi) is 5.12. The molecule has 0 fully saturated rings. The van der Waals surface area contributed by atoms with E-state index >= 15 is 0 Å². The molecule has 1 aliphatic rings. The van der Waals surface area contributed by atoms with Gasteiger partial charge < -0.3 is 4.42 Å². The first kappa shape index (κ1) is 25.6. The first-order chi connectivity index (χ1) is 22.6. The van der Waals surface area contributed by atoms with Crippen LogP contribution in [-0.2, 0) is 5.41 Å². The van der Waals surface area contributed by atoms with Gasteiger partial charge in [0.25, 0.3) is 0 Å². The topological polar surface area (TPSA) is 13.1 Å². The smallest absolute Gasteiger partial charge is 0.136 e. The summed E-state index contributed by atoms with van der Waals surface area (Å²) in [5, 5.41) is 9.92. The van der Waals surface area contributed by atoms with Crippen LogP contribution in [0, 0.1) is 0 Å². The number of benzene rings is 8. The van der Waals surface area contributed by atoms with Crippen LogP contribution < -0.4 is 0 Å². The molecule has 1 aliphatic carbocycles. The highest BCUT2D eigenvalue weighted by Crippen LogP contribution is 2.56. The molecule has 0 amide bonds. The summed E-state index contributed by atoms with van der Waals surface area (Å²) in [7, 11) is 0. The molecule has 0 spiro atoms. The predicted molar refractivity (Wildman–Crippen MR) is 195 cm³/mol. The van der Waals surface area contributed by atoms with Gasteiger partial charge in [-0.2, -0.15) is 0 Å². The van der Waals surface area contributed by atoms with Crippen LogP contribution in [0.2, 0.25) is 0 Å². The monoisotopic (exact) mass is 586 g/mol. The Morgan fingerprint density at radius 1 is 0.413 bits per heavy atom. The largest absolute Gasteiger partial charge is 0.456 e. The summed E-state index contributed by atoms with van der Waals surface area (Å²) >= 11 is 0. The van der Waals surface area contributed by atoms with E-state index in [2.05, 4.69) is 153 Å². The van der Waals surface area contributed by atoms with Crippen LogP contribution in [-0.4, -0.2) is 0 Å². The van der Waals surface area contributed by atoms with E-state index in [1.165, 1.54) is 76.8 Å². The quantitative estimate of drug-likeness (QED) is 0.184. The van der Waals surface area contributed by atoms with Crippen molar-refractivity contribution in [1.29, 1.82) is 0 Å². The lowest BCUT2D eigenvalue weighted by Crippen LogP contribution is -2.16. The SMILES string of the molecule is CC1(C)c2ccccc2-c2cc3ccccc3c(-c3c4ccccc4c(-c4ccc5c(c4)oc4ccccc45)c4ccccc34)c21. The van der Waals surface area contributed by atoms with Crippen LogP contribution in [0.25, 0.3) is 87.6 Å². The average Bonchev–Trinajstić information content (AvgIpc) is 3.58. The fraction of sp³-hybridized carbons (Fsp3) is 0.0667. The van der Waals surface area contributed by atoms with Crippen LogP contribution in [0.3, 0.4) is 0 Å². The molecule has 1 heterocycles. The molecule has 216 valence electrons. The first-order valence-electron chi connectivity index (χ1n) is 16.1. The van der Waals surface area contributed by atoms with E-state index in [-0.39, 0.29) is 5.41 Å². The minimum absolute atomic E-state index is 0.154. The van der Waals surface area contributed by atoms with Gasteiger partial charge in [-0.3, -0.25) is 0 Å². The molecule has 0 atom stereocenters. The van der Waals surface area contributed by atoms with Gasteiger partial charge in [0, 0.05) is 16.2 Å². The molecule has 0 unspecified atom stereocenters. The summed E-state index contributed by atoms with van der Waals surface area (Å²) in [6.45, 7) is 4.80. The van der Waals surface area contributed by atoms with E-state index in [9.17, 15) is 0 Å². The van der Waals surface area contributed by atoms with Gasteiger partial charge >= 0.3 is 0 Å². The lowest BCUT2D eigenvalue weighted by molar-refractivity contribution is 0.663. The van der Waals surface area contributed by atoms with Crippen molar-refractivity contribution in [3.8, 4) is 33.4 Å². The zero-order valence-electron chi connectivity index (χ0n) is 25.8. The number of furan rings is 1. The molecular weight excluding hydrogens is 556 g/mol. The molecular formula is C45H30O. The highest BCUT2D eigenvalue weighted by atomic mass is 16.3. The number of fused-ring (bicyclic) bond motifs is 9. The summed E-state index contributed by atoms with van der Waals surface area (Å²) in [5.74, 6) is 0. The molecule has 8 aromatic carbocycles. The Bertz CT molecular complexity index is 2660. The summed E-state index contributed by atoms with van der Waals surface area (Å²) in [4.78, 5) is 0. The summed E-state index contributed by atoms with van der Waals surface area (Å²) in [6.07, 6.45) is 0. The minimum Gasteiger partial charge on any atom is -0.456 e. The molecule has 1 heteroatoms. The molecule has 1 nitrogen and oxygen atoms in total. The van der Waals surface area contributed by atoms with Gasteiger partial charge in [-0.15, -0.1) is 0 Å². The second-order valence-electron chi connectivity index (χ2n) is 13.2. The van der Waals surface area contributed by atoms with Crippen molar-refractivity contribution in [2.75, 3.05) is 0 Å². The van der Waals surface area contributed by atoms with E-state index < -0.39 is 0 Å². The predicted octanol–water partition coefficient (Wildman–Crippen LogP) is 12.7. The Hall–Kier alpha value is -5.66. The van der Waals surface area contributed by atoms with E-state index in [1.54, 1.807) is 0 Å². The third kappa shape index (κ3) is 3.35. The normalized spacial score (nSPS) is 13.6. The van der Waals surface area contributed by atoms with E-state index in [0.717, 1.165) is 21.9 Å². The van der Waals surface area contributed by atoms with Crippen LogP contribution >= 0.6 is 0 Å². The van der Waals surface area contributed by atoms with Gasteiger partial charge in [-0.05, 0) is 101 Å². The standard InChI is InChI=1S/C45H30O/c1-45(2)38-21-11-9-15-30(38)37-25-27-13-3-4-14-29(27)43(44(37)45)42-35-19-7-5-17-33(35)41(34-18-6-8-20-36(34)42)28-23-24-32-31-16-10-12-22-39(31)46-40(32)26-28/h3-26H,1-2H3. The molecule has 0 saturated heterocycles. The maximum atomic E-state index is 6.38. The van der Waals surface area contributed by atoms with Crippen molar-refractivity contribution in [3.05, 3.63) is 157 Å². The second-order valence-corrected chi connectivity index (χ2v) is 13.2. The van der Waals surface area contributed by atoms with Gasteiger partial charge in [-0.1, -0.05) is 135 Å². The fourth-order valence-corrected chi connectivity index (χ4v) is 8.46. The van der Waals surface area contributed by atoms with Gasteiger partial charge in [0.2, 0.25) is 0 Å². The number of hydrogen-bond donors (Lipinski definition) is 0. The molecule has 0 N–H and O–H groups in total. The average molecular weight is 587 g/mol. The number of rotatable bonds is 2. The van der Waals surface area contributed by atoms with Gasteiger partial charge in [0.15, 0.2) is 0 Å².